The second kappa shape index (κ2) is 10.1. The molecule has 0 spiro atoms. The standard InChI is InChI=1S/C23H25N3O3S/c1-15-13-21(26-29-15)25-23(28)17(3)30-14-22(27)24-16(2)18-9-11-20(12-10-18)19-7-5-4-6-8-19/h4-13,16-17H,14H2,1-3H3,(H,24,27)(H,25,26,28). The molecule has 0 fully saturated rings. The molecule has 0 aliphatic rings. The Morgan fingerprint density at radius 3 is 2.33 bits per heavy atom. The molecule has 6 nitrogen and oxygen atoms in total. The van der Waals surface area contributed by atoms with Crippen molar-refractivity contribution in [2.24, 2.45) is 0 Å². The van der Waals surface area contributed by atoms with Gasteiger partial charge < -0.3 is 15.2 Å². The monoisotopic (exact) mass is 423 g/mol. The molecule has 2 atom stereocenters. The van der Waals surface area contributed by atoms with Crippen LogP contribution in [0, 0.1) is 6.92 Å². The summed E-state index contributed by atoms with van der Waals surface area (Å²) in [5.74, 6) is 0.860. The van der Waals surface area contributed by atoms with Gasteiger partial charge in [-0.2, -0.15) is 0 Å². The number of carbonyl (C=O) groups is 2. The summed E-state index contributed by atoms with van der Waals surface area (Å²) in [5.41, 5.74) is 3.32. The van der Waals surface area contributed by atoms with Gasteiger partial charge in [0.05, 0.1) is 17.0 Å². The Kier molecular flexibility index (Phi) is 7.30. The van der Waals surface area contributed by atoms with Gasteiger partial charge in [0.1, 0.15) is 5.76 Å². The molecule has 2 aromatic carbocycles. The zero-order valence-corrected chi connectivity index (χ0v) is 18.0. The number of nitrogens with zero attached hydrogens (tertiary/aromatic N) is 1. The smallest absolute Gasteiger partial charge is 0.238 e. The Bertz CT molecular complexity index is 986. The van der Waals surface area contributed by atoms with Crippen LogP contribution in [0.1, 0.15) is 31.2 Å². The minimum atomic E-state index is -0.395. The average molecular weight is 424 g/mol. The first kappa shape index (κ1) is 21.6. The third kappa shape index (κ3) is 5.97. The Morgan fingerprint density at radius 2 is 1.70 bits per heavy atom. The fraction of sp³-hybridized carbons (Fsp3) is 0.261. The van der Waals surface area contributed by atoms with Crippen LogP contribution in [-0.2, 0) is 9.59 Å². The zero-order valence-electron chi connectivity index (χ0n) is 17.2. The molecular formula is C23H25N3O3S. The van der Waals surface area contributed by atoms with Gasteiger partial charge in [-0.15, -0.1) is 11.8 Å². The summed E-state index contributed by atoms with van der Waals surface area (Å²) in [6, 6.07) is 19.8. The predicted molar refractivity (Wildman–Crippen MR) is 120 cm³/mol. The van der Waals surface area contributed by atoms with Crippen LogP contribution in [0.5, 0.6) is 0 Å². The molecule has 2 N–H and O–H groups in total. The maximum absolute atomic E-state index is 12.3. The number of anilines is 1. The predicted octanol–water partition coefficient (Wildman–Crippen LogP) is 4.59. The maximum atomic E-state index is 12.3. The molecule has 1 heterocycles. The molecular weight excluding hydrogens is 398 g/mol. The van der Waals surface area contributed by atoms with E-state index in [-0.39, 0.29) is 23.6 Å². The molecule has 0 aliphatic carbocycles. The molecule has 156 valence electrons. The number of carbonyl (C=O) groups excluding carboxylic acids is 2. The van der Waals surface area contributed by atoms with Gasteiger partial charge in [0.15, 0.2) is 5.82 Å². The summed E-state index contributed by atoms with van der Waals surface area (Å²) >= 11 is 1.27. The van der Waals surface area contributed by atoms with Gasteiger partial charge in [-0.25, -0.2) is 0 Å². The lowest BCUT2D eigenvalue weighted by atomic mass is 10.0. The maximum Gasteiger partial charge on any atom is 0.238 e. The minimum absolute atomic E-state index is 0.114. The van der Waals surface area contributed by atoms with E-state index in [0.717, 1.165) is 16.7 Å². The molecule has 2 unspecified atom stereocenters. The molecule has 0 radical (unpaired) electrons. The summed E-state index contributed by atoms with van der Waals surface area (Å²) in [6.07, 6.45) is 0. The molecule has 3 rings (SSSR count). The van der Waals surface area contributed by atoms with Crippen molar-refractivity contribution in [3.05, 3.63) is 72.0 Å². The summed E-state index contributed by atoms with van der Waals surface area (Å²) in [5, 5.41) is 9.00. The quantitative estimate of drug-likeness (QED) is 0.554. The molecule has 0 saturated carbocycles. The third-order valence-corrected chi connectivity index (χ3v) is 5.75. The Hall–Kier alpha value is -3.06. The summed E-state index contributed by atoms with van der Waals surface area (Å²) < 4.78 is 4.93. The SMILES string of the molecule is Cc1cc(NC(=O)C(C)SCC(=O)NC(C)c2ccc(-c3ccccc3)cc2)no1. The van der Waals surface area contributed by atoms with Gasteiger partial charge in [0, 0.05) is 6.07 Å². The van der Waals surface area contributed by atoms with E-state index in [1.54, 1.807) is 19.9 Å². The van der Waals surface area contributed by atoms with E-state index in [9.17, 15) is 9.59 Å². The number of benzene rings is 2. The van der Waals surface area contributed by atoms with Crippen LogP contribution in [0.2, 0.25) is 0 Å². The Morgan fingerprint density at radius 1 is 1.03 bits per heavy atom. The number of hydrogen-bond acceptors (Lipinski definition) is 5. The van der Waals surface area contributed by atoms with E-state index in [4.69, 9.17) is 4.52 Å². The minimum Gasteiger partial charge on any atom is -0.360 e. The molecule has 0 bridgehead atoms. The van der Waals surface area contributed by atoms with Crippen molar-refractivity contribution in [1.82, 2.24) is 10.5 Å². The molecule has 0 aliphatic heterocycles. The molecule has 3 aromatic rings. The number of hydrogen-bond donors (Lipinski definition) is 2. The molecule has 1 aromatic heterocycles. The van der Waals surface area contributed by atoms with Crippen LogP contribution in [-0.4, -0.2) is 28.0 Å². The van der Waals surface area contributed by atoms with E-state index < -0.39 is 5.25 Å². The van der Waals surface area contributed by atoms with Gasteiger partial charge in [-0.05, 0) is 37.5 Å². The highest BCUT2D eigenvalue weighted by atomic mass is 32.2. The van der Waals surface area contributed by atoms with Gasteiger partial charge in [-0.1, -0.05) is 59.8 Å². The van der Waals surface area contributed by atoms with Gasteiger partial charge in [0.25, 0.3) is 0 Å². The number of thioether (sulfide) groups is 1. The van der Waals surface area contributed by atoms with Crippen LogP contribution in [0.25, 0.3) is 11.1 Å². The van der Waals surface area contributed by atoms with Crippen molar-refractivity contribution in [2.75, 3.05) is 11.1 Å². The van der Waals surface area contributed by atoms with E-state index >= 15 is 0 Å². The number of nitrogens with one attached hydrogen (secondary N) is 2. The van der Waals surface area contributed by atoms with Gasteiger partial charge in [0.2, 0.25) is 11.8 Å². The van der Waals surface area contributed by atoms with E-state index in [1.807, 2.05) is 37.3 Å². The lowest BCUT2D eigenvalue weighted by molar-refractivity contribution is -0.119. The van der Waals surface area contributed by atoms with Crippen LogP contribution in [0.4, 0.5) is 5.82 Å². The summed E-state index contributed by atoms with van der Waals surface area (Å²) in [6.45, 7) is 5.45. The largest absolute Gasteiger partial charge is 0.360 e. The second-order valence-corrected chi connectivity index (χ2v) is 8.37. The highest BCUT2D eigenvalue weighted by molar-refractivity contribution is 8.01. The Balaban J connectivity index is 1.46. The van der Waals surface area contributed by atoms with Crippen LogP contribution in [0.15, 0.2) is 65.2 Å². The van der Waals surface area contributed by atoms with Crippen molar-refractivity contribution in [3.8, 4) is 11.1 Å². The fourth-order valence-corrected chi connectivity index (χ4v) is 3.59. The number of aromatic nitrogens is 1. The topological polar surface area (TPSA) is 84.2 Å². The van der Waals surface area contributed by atoms with Crippen molar-refractivity contribution in [3.63, 3.8) is 0 Å². The lowest BCUT2D eigenvalue weighted by Crippen LogP contribution is -2.30. The normalized spacial score (nSPS) is 12.8. The molecule has 0 saturated heterocycles. The van der Waals surface area contributed by atoms with Gasteiger partial charge >= 0.3 is 0 Å². The van der Waals surface area contributed by atoms with Crippen LogP contribution >= 0.6 is 11.8 Å². The van der Waals surface area contributed by atoms with Crippen molar-refractivity contribution >= 4 is 29.4 Å². The van der Waals surface area contributed by atoms with E-state index in [0.29, 0.717) is 11.6 Å². The zero-order chi connectivity index (χ0) is 21.5. The first-order chi connectivity index (χ1) is 14.4. The number of amides is 2. The Labute approximate surface area is 180 Å². The van der Waals surface area contributed by atoms with Gasteiger partial charge in [-0.3, -0.25) is 9.59 Å². The van der Waals surface area contributed by atoms with E-state index in [2.05, 4.69) is 40.1 Å². The molecule has 30 heavy (non-hydrogen) atoms. The molecule has 7 heteroatoms. The summed E-state index contributed by atoms with van der Waals surface area (Å²) in [4.78, 5) is 24.5. The van der Waals surface area contributed by atoms with Crippen molar-refractivity contribution in [1.29, 1.82) is 0 Å². The highest BCUT2D eigenvalue weighted by Crippen LogP contribution is 2.22. The van der Waals surface area contributed by atoms with E-state index in [1.165, 1.54) is 11.8 Å². The summed E-state index contributed by atoms with van der Waals surface area (Å²) in [7, 11) is 0. The van der Waals surface area contributed by atoms with Crippen LogP contribution < -0.4 is 10.6 Å². The molecule has 2 amide bonds. The number of rotatable bonds is 8. The average Bonchev–Trinajstić information content (AvgIpc) is 3.17. The second-order valence-electron chi connectivity index (χ2n) is 7.04. The lowest BCUT2D eigenvalue weighted by Gasteiger charge is -2.16. The number of aryl methyl sites for hydroxylation is 1. The van der Waals surface area contributed by atoms with Crippen molar-refractivity contribution in [2.45, 2.75) is 32.1 Å². The first-order valence-corrected chi connectivity index (χ1v) is 10.8. The van der Waals surface area contributed by atoms with Crippen molar-refractivity contribution < 1.29 is 14.1 Å². The highest BCUT2D eigenvalue weighted by Gasteiger charge is 2.18. The fourth-order valence-electron chi connectivity index (χ4n) is 2.89. The van der Waals surface area contributed by atoms with Crippen LogP contribution in [0.3, 0.4) is 0 Å². The third-order valence-electron chi connectivity index (χ3n) is 4.61. The first-order valence-electron chi connectivity index (χ1n) is 9.73.